The lowest BCUT2D eigenvalue weighted by molar-refractivity contribution is 1.18. The molecule has 2 heterocycles. The molecule has 0 aliphatic heterocycles. The molecule has 0 atom stereocenters. The number of fused-ring (bicyclic) bond motifs is 7. The minimum absolute atomic E-state index is 1.16. The van der Waals surface area contributed by atoms with Gasteiger partial charge in [-0.05, 0) is 111 Å². The molecule has 11 aromatic rings. The number of para-hydroxylation sites is 3. The normalized spacial score (nSPS) is 11.7. The van der Waals surface area contributed by atoms with E-state index in [0.717, 1.165) is 5.69 Å². The van der Waals surface area contributed by atoms with Crippen molar-refractivity contribution in [3.8, 4) is 44.8 Å². The molecule has 0 saturated carbocycles. The molecular weight excluding hydrogens is 653 g/mol. The molecule has 2 aromatic heterocycles. The van der Waals surface area contributed by atoms with Crippen molar-refractivity contribution in [2.24, 2.45) is 0 Å². The van der Waals surface area contributed by atoms with E-state index >= 15 is 0 Å². The average Bonchev–Trinajstić information content (AvgIpc) is 3.76. The summed E-state index contributed by atoms with van der Waals surface area (Å²) in [4.78, 5) is 0. The van der Waals surface area contributed by atoms with E-state index in [1.807, 2.05) is 0 Å². The summed E-state index contributed by atoms with van der Waals surface area (Å²) in [6.07, 6.45) is 0. The summed E-state index contributed by atoms with van der Waals surface area (Å²) in [7, 11) is 0. The Balaban J connectivity index is 1.06. The van der Waals surface area contributed by atoms with E-state index in [2.05, 4.69) is 215 Å². The van der Waals surface area contributed by atoms with Gasteiger partial charge in [-0.1, -0.05) is 140 Å². The minimum Gasteiger partial charge on any atom is -0.309 e. The third-order valence-corrected chi connectivity index (χ3v) is 11.1. The number of aromatic nitrogens is 2. The maximum absolute atomic E-state index is 2.40. The van der Waals surface area contributed by atoms with E-state index in [1.165, 1.54) is 93.5 Å². The van der Waals surface area contributed by atoms with Crippen molar-refractivity contribution < 1.29 is 0 Å². The van der Waals surface area contributed by atoms with E-state index in [4.69, 9.17) is 0 Å². The molecule has 0 unspecified atom stereocenters. The second-order valence-corrected chi connectivity index (χ2v) is 14.2. The Labute approximate surface area is 313 Å². The predicted molar refractivity (Wildman–Crippen MR) is 229 cm³/mol. The molecule has 2 nitrogen and oxygen atoms in total. The van der Waals surface area contributed by atoms with Crippen LogP contribution < -0.4 is 0 Å². The molecule has 0 aliphatic rings. The largest absolute Gasteiger partial charge is 0.309 e. The predicted octanol–water partition coefficient (Wildman–Crippen LogP) is 14.0. The molecule has 0 amide bonds. The fourth-order valence-corrected chi connectivity index (χ4v) is 8.56. The van der Waals surface area contributed by atoms with Crippen LogP contribution in [-0.2, 0) is 0 Å². The number of hydrogen-bond donors (Lipinski definition) is 0. The Morgan fingerprint density at radius 3 is 1.24 bits per heavy atom. The summed E-state index contributed by atoms with van der Waals surface area (Å²) >= 11 is 0. The van der Waals surface area contributed by atoms with Crippen molar-refractivity contribution >= 4 is 54.4 Å². The van der Waals surface area contributed by atoms with Gasteiger partial charge in [0.05, 0.1) is 22.1 Å². The van der Waals surface area contributed by atoms with E-state index in [-0.39, 0.29) is 0 Å². The monoisotopic (exact) mass is 686 g/mol. The molecule has 9 aromatic carbocycles. The van der Waals surface area contributed by atoms with Gasteiger partial charge in [0.1, 0.15) is 0 Å². The van der Waals surface area contributed by atoms with Crippen molar-refractivity contribution in [2.45, 2.75) is 0 Å². The van der Waals surface area contributed by atoms with Crippen LogP contribution in [0.4, 0.5) is 0 Å². The van der Waals surface area contributed by atoms with Gasteiger partial charge in [0, 0.05) is 32.9 Å². The average molecular weight is 687 g/mol. The second-order valence-electron chi connectivity index (χ2n) is 14.2. The highest BCUT2D eigenvalue weighted by atomic mass is 15.0. The van der Waals surface area contributed by atoms with Gasteiger partial charge in [-0.3, -0.25) is 0 Å². The van der Waals surface area contributed by atoms with Crippen LogP contribution in [0.2, 0.25) is 0 Å². The van der Waals surface area contributed by atoms with Gasteiger partial charge < -0.3 is 9.13 Å². The summed E-state index contributed by atoms with van der Waals surface area (Å²) in [6.45, 7) is 0. The van der Waals surface area contributed by atoms with Crippen molar-refractivity contribution in [1.82, 2.24) is 9.13 Å². The topological polar surface area (TPSA) is 9.86 Å². The van der Waals surface area contributed by atoms with Crippen LogP contribution >= 0.6 is 0 Å². The third kappa shape index (κ3) is 4.81. The van der Waals surface area contributed by atoms with Crippen LogP contribution in [0.15, 0.2) is 206 Å². The summed E-state index contributed by atoms with van der Waals surface area (Å²) < 4.78 is 4.78. The zero-order valence-corrected chi connectivity index (χ0v) is 29.5. The highest BCUT2D eigenvalue weighted by Crippen LogP contribution is 2.40. The summed E-state index contributed by atoms with van der Waals surface area (Å²) in [5.41, 5.74) is 14.5. The van der Waals surface area contributed by atoms with Crippen LogP contribution in [0.25, 0.3) is 99.1 Å². The maximum atomic E-state index is 2.40. The van der Waals surface area contributed by atoms with Gasteiger partial charge in [-0.25, -0.2) is 0 Å². The summed E-state index contributed by atoms with van der Waals surface area (Å²) in [5.74, 6) is 0. The minimum atomic E-state index is 1.16. The molecule has 0 N–H and O–H groups in total. The molecule has 0 bridgehead atoms. The lowest BCUT2D eigenvalue weighted by atomic mass is 9.95. The van der Waals surface area contributed by atoms with Crippen molar-refractivity contribution in [1.29, 1.82) is 0 Å². The number of rotatable bonds is 5. The van der Waals surface area contributed by atoms with E-state index in [9.17, 15) is 0 Å². The first-order chi connectivity index (χ1) is 26.8. The smallest absolute Gasteiger partial charge is 0.0541 e. The molecule has 0 aliphatic carbocycles. The van der Waals surface area contributed by atoms with Gasteiger partial charge >= 0.3 is 0 Å². The Morgan fingerprint density at radius 2 is 0.648 bits per heavy atom. The zero-order chi connectivity index (χ0) is 35.6. The zero-order valence-electron chi connectivity index (χ0n) is 29.5. The van der Waals surface area contributed by atoms with E-state index < -0.39 is 0 Å². The molecule has 0 fully saturated rings. The standard InChI is InChI=1S/C52H34N2/c1-3-14-41(15-4-1)53-49-21-10-9-19-45(49)46-33-39(27-30-50(46)53)40-28-31-52-48(34-40)47-32-38(26-29-51(47)54(52)42-16-5-2-6-17-42)35-22-24-37(25-23-35)44-20-11-13-36-12-7-8-18-43(36)44/h1-34H. The molecule has 0 radical (unpaired) electrons. The quantitative estimate of drug-likeness (QED) is 0.171. The van der Waals surface area contributed by atoms with Crippen LogP contribution in [0, 0.1) is 0 Å². The third-order valence-electron chi connectivity index (χ3n) is 11.1. The first-order valence-corrected chi connectivity index (χ1v) is 18.6. The first kappa shape index (κ1) is 30.5. The molecule has 0 saturated heterocycles. The number of benzene rings is 9. The Hall–Kier alpha value is -7.16. The van der Waals surface area contributed by atoms with Gasteiger partial charge in [0.15, 0.2) is 0 Å². The second kappa shape index (κ2) is 12.2. The maximum Gasteiger partial charge on any atom is 0.0541 e. The van der Waals surface area contributed by atoms with Crippen LogP contribution in [0.5, 0.6) is 0 Å². The molecule has 252 valence electrons. The lowest BCUT2D eigenvalue weighted by Gasteiger charge is -2.10. The Bertz CT molecular complexity index is 3180. The van der Waals surface area contributed by atoms with Crippen molar-refractivity contribution in [3.63, 3.8) is 0 Å². The van der Waals surface area contributed by atoms with Crippen LogP contribution in [0.1, 0.15) is 0 Å². The SMILES string of the molecule is c1ccc(-n2c3ccccc3c3cc(-c4ccc5c(c4)c4cc(-c6ccc(-c7cccc8ccccc78)cc6)ccc4n5-c4ccccc4)ccc32)cc1. The van der Waals surface area contributed by atoms with Crippen molar-refractivity contribution in [2.75, 3.05) is 0 Å². The Kier molecular flexibility index (Phi) is 6.90. The lowest BCUT2D eigenvalue weighted by Crippen LogP contribution is -1.93. The van der Waals surface area contributed by atoms with Crippen LogP contribution in [0.3, 0.4) is 0 Å². The molecule has 0 spiro atoms. The fraction of sp³-hybridized carbons (Fsp3) is 0. The molecule has 54 heavy (non-hydrogen) atoms. The van der Waals surface area contributed by atoms with E-state index in [1.54, 1.807) is 0 Å². The van der Waals surface area contributed by atoms with Gasteiger partial charge in [-0.15, -0.1) is 0 Å². The van der Waals surface area contributed by atoms with E-state index in [0.29, 0.717) is 0 Å². The fourth-order valence-electron chi connectivity index (χ4n) is 8.56. The summed E-state index contributed by atoms with van der Waals surface area (Å²) in [5, 5.41) is 7.54. The highest BCUT2D eigenvalue weighted by Gasteiger charge is 2.17. The summed E-state index contributed by atoms with van der Waals surface area (Å²) in [6, 6.07) is 75.2. The van der Waals surface area contributed by atoms with Crippen LogP contribution in [-0.4, -0.2) is 9.13 Å². The Morgan fingerprint density at radius 1 is 0.241 bits per heavy atom. The van der Waals surface area contributed by atoms with Gasteiger partial charge in [0.2, 0.25) is 0 Å². The highest BCUT2D eigenvalue weighted by molar-refractivity contribution is 6.13. The number of nitrogens with zero attached hydrogens (tertiary/aromatic N) is 2. The first-order valence-electron chi connectivity index (χ1n) is 18.6. The molecule has 2 heteroatoms. The molecular formula is C52H34N2. The van der Waals surface area contributed by atoms with Crippen molar-refractivity contribution in [3.05, 3.63) is 206 Å². The van der Waals surface area contributed by atoms with Gasteiger partial charge in [-0.2, -0.15) is 0 Å². The number of hydrogen-bond acceptors (Lipinski definition) is 0. The van der Waals surface area contributed by atoms with Gasteiger partial charge in [0.25, 0.3) is 0 Å². The molecule has 11 rings (SSSR count).